The summed E-state index contributed by atoms with van der Waals surface area (Å²) in [5, 5.41) is 2.65. The third-order valence-corrected chi connectivity index (χ3v) is 1.58. The molecule has 0 aliphatic carbocycles. The highest BCUT2D eigenvalue weighted by molar-refractivity contribution is 4.48. The second-order valence-electron chi connectivity index (χ2n) is 2.91. The number of hydrogen-bond acceptors (Lipinski definition) is 2. The maximum Gasteiger partial charge on any atom is 0.250 e. The first-order chi connectivity index (χ1) is 6.27. The van der Waals surface area contributed by atoms with E-state index in [1.165, 1.54) is 0 Å². The van der Waals surface area contributed by atoms with E-state index in [1.54, 1.807) is 0 Å². The van der Waals surface area contributed by atoms with E-state index >= 15 is 0 Å². The molecular formula is C9H19F2NO. The van der Waals surface area contributed by atoms with Gasteiger partial charge in [0.15, 0.2) is 0 Å². The minimum absolute atomic E-state index is 0.213. The number of nitrogens with one attached hydrogen (secondary N) is 1. The molecule has 0 spiro atoms. The number of hydrogen-bond donors (Lipinski definition) is 1. The number of rotatable bonds is 9. The lowest BCUT2D eigenvalue weighted by Gasteiger charge is -2.04. The lowest BCUT2D eigenvalue weighted by molar-refractivity contribution is 0.123. The molecule has 0 atom stereocenters. The minimum atomic E-state index is -2.25. The zero-order chi connectivity index (χ0) is 9.94. The van der Waals surface area contributed by atoms with Crippen LogP contribution in [0.2, 0.25) is 0 Å². The monoisotopic (exact) mass is 195 g/mol. The van der Waals surface area contributed by atoms with Crippen molar-refractivity contribution in [3.8, 4) is 0 Å². The van der Waals surface area contributed by atoms with Crippen molar-refractivity contribution >= 4 is 0 Å². The smallest absolute Gasteiger partial charge is 0.250 e. The fourth-order valence-corrected chi connectivity index (χ4v) is 0.859. The van der Waals surface area contributed by atoms with Crippen molar-refractivity contribution in [3.05, 3.63) is 0 Å². The van der Waals surface area contributed by atoms with E-state index in [1.807, 2.05) is 0 Å². The molecule has 0 rings (SSSR count). The molecule has 0 fully saturated rings. The van der Waals surface area contributed by atoms with Gasteiger partial charge in [-0.1, -0.05) is 13.3 Å². The molecule has 0 aliphatic rings. The summed E-state index contributed by atoms with van der Waals surface area (Å²) < 4.78 is 28.5. The van der Waals surface area contributed by atoms with Crippen molar-refractivity contribution in [2.24, 2.45) is 0 Å². The van der Waals surface area contributed by atoms with Crippen molar-refractivity contribution in [3.63, 3.8) is 0 Å². The highest BCUT2D eigenvalue weighted by Crippen LogP contribution is 1.90. The molecule has 1 N–H and O–H groups in total. The summed E-state index contributed by atoms with van der Waals surface area (Å²) in [4.78, 5) is 0. The highest BCUT2D eigenvalue weighted by atomic mass is 19.3. The summed E-state index contributed by atoms with van der Waals surface area (Å²) in [6, 6.07) is 0. The maximum absolute atomic E-state index is 11.6. The van der Waals surface area contributed by atoms with Gasteiger partial charge < -0.3 is 10.1 Å². The Labute approximate surface area is 78.7 Å². The molecule has 0 aromatic heterocycles. The molecule has 0 aliphatic heterocycles. The van der Waals surface area contributed by atoms with Crippen molar-refractivity contribution in [2.45, 2.75) is 32.6 Å². The quantitative estimate of drug-likeness (QED) is 0.568. The Hall–Kier alpha value is -0.220. The van der Waals surface area contributed by atoms with Crippen LogP contribution in [0.1, 0.15) is 26.2 Å². The topological polar surface area (TPSA) is 21.3 Å². The normalized spacial score (nSPS) is 11.1. The van der Waals surface area contributed by atoms with Crippen molar-refractivity contribution in [2.75, 3.05) is 26.3 Å². The molecule has 0 aromatic rings. The lowest BCUT2D eigenvalue weighted by Crippen LogP contribution is -2.23. The van der Waals surface area contributed by atoms with E-state index in [0.717, 1.165) is 25.9 Å². The molecule has 0 bridgehead atoms. The van der Waals surface area contributed by atoms with Gasteiger partial charge >= 0.3 is 0 Å². The van der Waals surface area contributed by atoms with Gasteiger partial charge in [-0.15, -0.1) is 0 Å². The molecule has 80 valence electrons. The van der Waals surface area contributed by atoms with E-state index in [9.17, 15) is 8.78 Å². The summed E-state index contributed by atoms with van der Waals surface area (Å²) in [5.41, 5.74) is 0. The number of alkyl halides is 2. The van der Waals surface area contributed by atoms with E-state index in [4.69, 9.17) is 4.74 Å². The summed E-state index contributed by atoms with van der Waals surface area (Å²) in [5.74, 6) is 0. The Morgan fingerprint density at radius 2 is 1.92 bits per heavy atom. The van der Waals surface area contributed by atoms with Gasteiger partial charge in [-0.3, -0.25) is 0 Å². The van der Waals surface area contributed by atoms with Crippen LogP contribution < -0.4 is 5.32 Å². The lowest BCUT2D eigenvalue weighted by atomic mass is 10.4. The molecule has 0 saturated heterocycles. The molecule has 13 heavy (non-hydrogen) atoms. The van der Waals surface area contributed by atoms with Gasteiger partial charge in [-0.2, -0.15) is 0 Å². The molecule has 0 radical (unpaired) electrons. The Morgan fingerprint density at radius 1 is 1.23 bits per heavy atom. The number of unbranched alkanes of at least 4 members (excludes halogenated alkanes) is 1. The number of ether oxygens (including phenoxy) is 1. The van der Waals surface area contributed by atoms with Crippen LogP contribution in [-0.2, 0) is 4.74 Å². The molecule has 4 heteroatoms. The Balaban J connectivity index is 2.84. The summed E-state index contributed by atoms with van der Waals surface area (Å²) in [7, 11) is 0. The molecule has 0 unspecified atom stereocenters. The Kier molecular flexibility index (Phi) is 9.70. The van der Waals surface area contributed by atoms with Crippen LogP contribution in [0, 0.1) is 0 Å². The predicted molar refractivity (Wildman–Crippen MR) is 49.2 cm³/mol. The van der Waals surface area contributed by atoms with Crippen LogP contribution in [0.25, 0.3) is 0 Å². The van der Waals surface area contributed by atoms with Crippen LogP contribution >= 0.6 is 0 Å². The predicted octanol–water partition coefficient (Wildman–Crippen LogP) is 2.05. The third kappa shape index (κ3) is 11.8. The largest absolute Gasteiger partial charge is 0.381 e. The second kappa shape index (κ2) is 9.86. The van der Waals surface area contributed by atoms with E-state index < -0.39 is 6.43 Å². The van der Waals surface area contributed by atoms with Crippen molar-refractivity contribution in [1.82, 2.24) is 5.32 Å². The average Bonchev–Trinajstić information content (AvgIpc) is 2.09. The van der Waals surface area contributed by atoms with Crippen LogP contribution in [0.4, 0.5) is 8.78 Å². The number of halogens is 2. The Morgan fingerprint density at radius 3 is 2.54 bits per heavy atom. The molecule has 2 nitrogen and oxygen atoms in total. The fourth-order valence-electron chi connectivity index (χ4n) is 0.859. The van der Waals surface area contributed by atoms with Gasteiger partial charge in [-0.25, -0.2) is 8.78 Å². The summed E-state index contributed by atoms with van der Waals surface area (Å²) in [6.07, 6.45) is 0.755. The minimum Gasteiger partial charge on any atom is -0.381 e. The van der Waals surface area contributed by atoms with Crippen LogP contribution in [0.15, 0.2) is 0 Å². The van der Waals surface area contributed by atoms with Crippen LogP contribution in [0.3, 0.4) is 0 Å². The average molecular weight is 195 g/mol. The zero-order valence-electron chi connectivity index (χ0n) is 8.19. The maximum atomic E-state index is 11.6. The first-order valence-corrected chi connectivity index (χ1v) is 4.84. The first-order valence-electron chi connectivity index (χ1n) is 4.84. The molecule has 0 amide bonds. The van der Waals surface area contributed by atoms with Crippen LogP contribution in [-0.4, -0.2) is 32.7 Å². The van der Waals surface area contributed by atoms with Gasteiger partial charge in [0.2, 0.25) is 0 Å². The molecular weight excluding hydrogens is 176 g/mol. The second-order valence-corrected chi connectivity index (χ2v) is 2.91. The fraction of sp³-hybridized carbons (Fsp3) is 1.00. The summed E-state index contributed by atoms with van der Waals surface area (Å²) in [6.45, 7) is 3.95. The van der Waals surface area contributed by atoms with Crippen molar-refractivity contribution < 1.29 is 13.5 Å². The van der Waals surface area contributed by atoms with Gasteiger partial charge in [-0.05, 0) is 19.4 Å². The first kappa shape index (κ1) is 12.8. The van der Waals surface area contributed by atoms with Gasteiger partial charge in [0.1, 0.15) is 0 Å². The van der Waals surface area contributed by atoms with Gasteiger partial charge in [0.05, 0.1) is 6.54 Å². The SMILES string of the molecule is CCCCOCCCNCC(F)F. The highest BCUT2D eigenvalue weighted by Gasteiger charge is 1.99. The Bertz CT molecular complexity index is 102. The summed E-state index contributed by atoms with van der Waals surface area (Å²) >= 11 is 0. The van der Waals surface area contributed by atoms with E-state index in [0.29, 0.717) is 13.2 Å². The van der Waals surface area contributed by atoms with E-state index in [2.05, 4.69) is 12.2 Å². The van der Waals surface area contributed by atoms with Gasteiger partial charge in [0.25, 0.3) is 6.43 Å². The third-order valence-electron chi connectivity index (χ3n) is 1.58. The van der Waals surface area contributed by atoms with E-state index in [-0.39, 0.29) is 6.54 Å². The molecule has 0 saturated carbocycles. The standard InChI is InChI=1S/C9H19F2NO/c1-2-3-6-13-7-4-5-12-8-9(10)11/h9,12H,2-8H2,1H3. The zero-order valence-corrected chi connectivity index (χ0v) is 8.19. The van der Waals surface area contributed by atoms with Crippen LogP contribution in [0.5, 0.6) is 0 Å². The molecule has 0 aromatic carbocycles. The van der Waals surface area contributed by atoms with Crippen molar-refractivity contribution in [1.29, 1.82) is 0 Å². The molecule has 0 heterocycles. The van der Waals surface area contributed by atoms with Gasteiger partial charge in [0, 0.05) is 13.2 Å².